The lowest BCUT2D eigenvalue weighted by Gasteiger charge is -2.40. The van der Waals surface area contributed by atoms with Gasteiger partial charge in [0.1, 0.15) is 0 Å². The maximum atomic E-state index is 12.2. The van der Waals surface area contributed by atoms with Crippen LogP contribution in [-0.4, -0.2) is 36.2 Å². The van der Waals surface area contributed by atoms with Crippen molar-refractivity contribution < 1.29 is 9.63 Å². The van der Waals surface area contributed by atoms with E-state index in [0.717, 1.165) is 25.3 Å². The third kappa shape index (κ3) is 2.33. The molecule has 0 spiro atoms. The minimum atomic E-state index is 0.00690. The first-order valence-corrected chi connectivity index (χ1v) is 7.05. The first-order chi connectivity index (χ1) is 8.34. The van der Waals surface area contributed by atoms with Crippen LogP contribution in [0.4, 0.5) is 0 Å². The summed E-state index contributed by atoms with van der Waals surface area (Å²) in [5, 5.41) is 5.13. The Labute approximate surface area is 103 Å². The standard InChI is InChI=1S/C13H22N2O2/c16-13(15-8-3-9-17-15)12-7-6-10-4-1-2-5-11(10)14-12/h10-12,14H,1-9H2. The van der Waals surface area contributed by atoms with Gasteiger partial charge in [-0.05, 0) is 38.0 Å². The Bertz CT molecular complexity index is 289. The van der Waals surface area contributed by atoms with Gasteiger partial charge >= 0.3 is 0 Å². The molecule has 0 aromatic carbocycles. The molecule has 4 nitrogen and oxygen atoms in total. The number of hydrogen-bond donors (Lipinski definition) is 1. The molecule has 2 heterocycles. The van der Waals surface area contributed by atoms with Crippen molar-refractivity contribution >= 4 is 5.91 Å². The second kappa shape index (κ2) is 4.94. The van der Waals surface area contributed by atoms with Crippen LogP contribution in [0.5, 0.6) is 0 Å². The first-order valence-electron chi connectivity index (χ1n) is 7.05. The van der Waals surface area contributed by atoms with Crippen molar-refractivity contribution in [2.75, 3.05) is 13.2 Å². The quantitative estimate of drug-likeness (QED) is 0.752. The molecular formula is C13H22N2O2. The molecule has 1 amide bonds. The molecule has 2 saturated heterocycles. The summed E-state index contributed by atoms with van der Waals surface area (Å²) in [5.41, 5.74) is 0. The normalized spacial score (nSPS) is 37.9. The van der Waals surface area contributed by atoms with Gasteiger partial charge in [-0.25, -0.2) is 5.06 Å². The summed E-state index contributed by atoms with van der Waals surface area (Å²) < 4.78 is 0. The Morgan fingerprint density at radius 1 is 1.12 bits per heavy atom. The summed E-state index contributed by atoms with van der Waals surface area (Å²) in [6.07, 6.45) is 8.45. The molecule has 1 saturated carbocycles. The van der Waals surface area contributed by atoms with Crippen LogP contribution in [0.15, 0.2) is 0 Å². The number of rotatable bonds is 1. The number of carbonyl (C=O) groups is 1. The molecule has 0 aromatic heterocycles. The second-order valence-corrected chi connectivity index (χ2v) is 5.57. The number of hydroxylamine groups is 2. The maximum absolute atomic E-state index is 12.2. The van der Waals surface area contributed by atoms with Crippen molar-refractivity contribution in [1.29, 1.82) is 0 Å². The van der Waals surface area contributed by atoms with E-state index in [2.05, 4.69) is 5.32 Å². The molecule has 3 aliphatic rings. The van der Waals surface area contributed by atoms with E-state index in [1.165, 1.54) is 32.1 Å². The largest absolute Gasteiger partial charge is 0.303 e. The predicted molar refractivity (Wildman–Crippen MR) is 64.2 cm³/mol. The molecule has 3 fully saturated rings. The van der Waals surface area contributed by atoms with Crippen molar-refractivity contribution in [3.63, 3.8) is 0 Å². The van der Waals surface area contributed by atoms with Crippen LogP contribution >= 0.6 is 0 Å². The zero-order valence-corrected chi connectivity index (χ0v) is 10.4. The van der Waals surface area contributed by atoms with Gasteiger partial charge in [0.25, 0.3) is 5.91 Å². The number of hydrogen-bond acceptors (Lipinski definition) is 3. The lowest BCUT2D eigenvalue weighted by molar-refractivity contribution is -0.172. The number of nitrogens with one attached hydrogen (secondary N) is 1. The van der Waals surface area contributed by atoms with Crippen LogP contribution in [-0.2, 0) is 9.63 Å². The Kier molecular flexibility index (Phi) is 3.34. The van der Waals surface area contributed by atoms with E-state index in [1.807, 2.05) is 0 Å². The van der Waals surface area contributed by atoms with Crippen LogP contribution in [0.3, 0.4) is 0 Å². The summed E-state index contributed by atoms with van der Waals surface area (Å²) in [7, 11) is 0. The van der Waals surface area contributed by atoms with Gasteiger partial charge < -0.3 is 5.32 Å². The van der Waals surface area contributed by atoms with Gasteiger partial charge in [-0.3, -0.25) is 9.63 Å². The molecule has 17 heavy (non-hydrogen) atoms. The Morgan fingerprint density at radius 2 is 2.00 bits per heavy atom. The molecule has 2 aliphatic heterocycles. The Hall–Kier alpha value is -0.610. The van der Waals surface area contributed by atoms with Gasteiger partial charge in [0, 0.05) is 6.04 Å². The molecule has 1 aliphatic carbocycles. The fraction of sp³-hybridized carbons (Fsp3) is 0.923. The number of amides is 1. The molecule has 3 atom stereocenters. The van der Waals surface area contributed by atoms with Crippen molar-refractivity contribution in [3.8, 4) is 0 Å². The lowest BCUT2D eigenvalue weighted by Crippen LogP contribution is -2.55. The third-order valence-corrected chi connectivity index (χ3v) is 4.45. The molecule has 0 bridgehead atoms. The third-order valence-electron chi connectivity index (χ3n) is 4.45. The fourth-order valence-corrected chi connectivity index (χ4v) is 3.48. The monoisotopic (exact) mass is 238 g/mol. The number of piperidine rings is 1. The van der Waals surface area contributed by atoms with E-state index >= 15 is 0 Å². The first kappa shape index (κ1) is 11.5. The van der Waals surface area contributed by atoms with Gasteiger partial charge in [0.15, 0.2) is 0 Å². The molecule has 0 radical (unpaired) electrons. The average molecular weight is 238 g/mol. The number of carbonyl (C=O) groups excluding carboxylic acids is 1. The van der Waals surface area contributed by atoms with Crippen LogP contribution in [0.1, 0.15) is 44.9 Å². The second-order valence-electron chi connectivity index (χ2n) is 5.57. The highest BCUT2D eigenvalue weighted by molar-refractivity contribution is 5.81. The Morgan fingerprint density at radius 3 is 2.82 bits per heavy atom. The van der Waals surface area contributed by atoms with Crippen LogP contribution in [0.2, 0.25) is 0 Å². The van der Waals surface area contributed by atoms with Crippen LogP contribution in [0, 0.1) is 5.92 Å². The highest BCUT2D eigenvalue weighted by Crippen LogP contribution is 2.32. The van der Waals surface area contributed by atoms with E-state index in [1.54, 1.807) is 5.06 Å². The van der Waals surface area contributed by atoms with E-state index in [-0.39, 0.29) is 11.9 Å². The number of fused-ring (bicyclic) bond motifs is 1. The smallest absolute Gasteiger partial charge is 0.263 e. The summed E-state index contributed by atoms with van der Waals surface area (Å²) in [4.78, 5) is 17.6. The summed E-state index contributed by atoms with van der Waals surface area (Å²) in [6.45, 7) is 1.47. The zero-order chi connectivity index (χ0) is 11.7. The highest BCUT2D eigenvalue weighted by atomic mass is 16.7. The van der Waals surface area contributed by atoms with E-state index in [9.17, 15) is 4.79 Å². The van der Waals surface area contributed by atoms with Crippen molar-refractivity contribution in [1.82, 2.24) is 10.4 Å². The summed E-state index contributed by atoms with van der Waals surface area (Å²) >= 11 is 0. The number of nitrogens with zero attached hydrogens (tertiary/aromatic N) is 1. The Balaban J connectivity index is 1.59. The lowest BCUT2D eigenvalue weighted by atomic mass is 9.77. The van der Waals surface area contributed by atoms with Gasteiger partial charge in [-0.2, -0.15) is 0 Å². The molecule has 96 valence electrons. The van der Waals surface area contributed by atoms with Crippen molar-refractivity contribution in [3.05, 3.63) is 0 Å². The molecule has 1 N–H and O–H groups in total. The van der Waals surface area contributed by atoms with Crippen LogP contribution < -0.4 is 5.32 Å². The highest BCUT2D eigenvalue weighted by Gasteiger charge is 2.36. The fourth-order valence-electron chi connectivity index (χ4n) is 3.48. The van der Waals surface area contributed by atoms with Crippen molar-refractivity contribution in [2.24, 2.45) is 5.92 Å². The van der Waals surface area contributed by atoms with Crippen molar-refractivity contribution in [2.45, 2.75) is 57.0 Å². The predicted octanol–water partition coefficient (Wildman–Crippen LogP) is 1.46. The topological polar surface area (TPSA) is 41.6 Å². The minimum Gasteiger partial charge on any atom is -0.303 e. The van der Waals surface area contributed by atoms with Crippen LogP contribution in [0.25, 0.3) is 0 Å². The molecule has 3 unspecified atom stereocenters. The summed E-state index contributed by atoms with van der Waals surface area (Å²) in [6, 6.07) is 0.585. The SMILES string of the molecule is O=C(C1CCC2CCCCC2N1)N1CCCO1. The van der Waals surface area contributed by atoms with E-state index < -0.39 is 0 Å². The maximum Gasteiger partial charge on any atom is 0.263 e. The van der Waals surface area contributed by atoms with Gasteiger partial charge in [-0.1, -0.05) is 12.8 Å². The van der Waals surface area contributed by atoms with Gasteiger partial charge in [0.05, 0.1) is 19.2 Å². The minimum absolute atomic E-state index is 0.00690. The van der Waals surface area contributed by atoms with E-state index in [0.29, 0.717) is 12.6 Å². The summed E-state index contributed by atoms with van der Waals surface area (Å²) in [5.74, 6) is 0.971. The molecule has 3 rings (SSSR count). The molecular weight excluding hydrogens is 216 g/mol. The van der Waals surface area contributed by atoms with Gasteiger partial charge in [-0.15, -0.1) is 0 Å². The zero-order valence-electron chi connectivity index (χ0n) is 10.4. The average Bonchev–Trinajstić information content (AvgIpc) is 2.91. The van der Waals surface area contributed by atoms with Gasteiger partial charge in [0.2, 0.25) is 0 Å². The molecule has 0 aromatic rings. The molecule has 4 heteroatoms. The van der Waals surface area contributed by atoms with E-state index in [4.69, 9.17) is 4.84 Å².